The van der Waals surface area contributed by atoms with E-state index in [1.807, 2.05) is 6.07 Å². The maximum atomic E-state index is 12.4. The van der Waals surface area contributed by atoms with Crippen molar-refractivity contribution < 1.29 is 8.42 Å². The SMILES string of the molecule is N#Cc1cccc(S(=O)(=O)NC2CCCCC2CN)c1. The van der Waals surface area contributed by atoms with E-state index < -0.39 is 10.0 Å². The minimum Gasteiger partial charge on any atom is -0.330 e. The molecule has 2 unspecified atom stereocenters. The standard InChI is InChI=1S/C14H19N3O2S/c15-9-11-4-3-6-13(8-11)20(18,19)17-14-7-2-1-5-12(14)10-16/h3-4,6,8,12,14,17H,1-2,5,7,10,16H2. The van der Waals surface area contributed by atoms with Crippen molar-refractivity contribution in [1.29, 1.82) is 5.26 Å². The van der Waals surface area contributed by atoms with Crippen LogP contribution in [0.25, 0.3) is 0 Å². The van der Waals surface area contributed by atoms with Crippen molar-refractivity contribution in [3.63, 3.8) is 0 Å². The monoisotopic (exact) mass is 293 g/mol. The molecule has 5 nitrogen and oxygen atoms in total. The maximum absolute atomic E-state index is 12.4. The molecule has 2 atom stereocenters. The van der Waals surface area contributed by atoms with Crippen molar-refractivity contribution >= 4 is 10.0 Å². The molecular weight excluding hydrogens is 274 g/mol. The third kappa shape index (κ3) is 3.37. The summed E-state index contributed by atoms with van der Waals surface area (Å²) in [5.74, 6) is 0.192. The summed E-state index contributed by atoms with van der Waals surface area (Å²) in [5, 5.41) is 8.85. The molecule has 0 heterocycles. The van der Waals surface area contributed by atoms with Crippen molar-refractivity contribution in [2.75, 3.05) is 6.54 Å². The second kappa shape index (κ2) is 6.35. The summed E-state index contributed by atoms with van der Waals surface area (Å²) in [6.45, 7) is 0.491. The van der Waals surface area contributed by atoms with E-state index in [2.05, 4.69) is 4.72 Å². The number of benzene rings is 1. The van der Waals surface area contributed by atoms with Gasteiger partial charge in [0.2, 0.25) is 10.0 Å². The van der Waals surface area contributed by atoms with Gasteiger partial charge in [0, 0.05) is 6.04 Å². The minimum absolute atomic E-state index is 0.107. The van der Waals surface area contributed by atoms with Crippen LogP contribution in [0.3, 0.4) is 0 Å². The van der Waals surface area contributed by atoms with Gasteiger partial charge in [0.05, 0.1) is 16.5 Å². The van der Waals surface area contributed by atoms with Gasteiger partial charge in [-0.25, -0.2) is 13.1 Å². The Kier molecular flexibility index (Phi) is 4.76. The first-order chi connectivity index (χ1) is 9.56. The lowest BCUT2D eigenvalue weighted by Crippen LogP contribution is -2.44. The van der Waals surface area contributed by atoms with E-state index in [1.54, 1.807) is 12.1 Å². The summed E-state index contributed by atoms with van der Waals surface area (Å²) in [6.07, 6.45) is 3.90. The average molecular weight is 293 g/mol. The minimum atomic E-state index is -3.59. The highest BCUT2D eigenvalue weighted by Crippen LogP contribution is 2.25. The topological polar surface area (TPSA) is 96.0 Å². The maximum Gasteiger partial charge on any atom is 0.240 e. The Morgan fingerprint density at radius 3 is 2.80 bits per heavy atom. The fraction of sp³-hybridized carbons (Fsp3) is 0.500. The van der Waals surface area contributed by atoms with E-state index in [4.69, 9.17) is 11.0 Å². The predicted octanol–water partition coefficient (Wildman–Crippen LogP) is 1.35. The lowest BCUT2D eigenvalue weighted by Gasteiger charge is -2.31. The lowest BCUT2D eigenvalue weighted by molar-refractivity contribution is 0.296. The number of nitrogens with two attached hydrogens (primary N) is 1. The number of nitrogens with zero attached hydrogens (tertiary/aromatic N) is 1. The zero-order valence-electron chi connectivity index (χ0n) is 11.2. The molecule has 1 fully saturated rings. The zero-order valence-corrected chi connectivity index (χ0v) is 12.1. The summed E-state index contributed by atoms with van der Waals surface area (Å²) in [5.41, 5.74) is 6.06. The van der Waals surface area contributed by atoms with Gasteiger partial charge in [-0.05, 0) is 43.5 Å². The molecule has 1 aliphatic carbocycles. The molecular formula is C14H19N3O2S. The zero-order chi connectivity index (χ0) is 14.6. The van der Waals surface area contributed by atoms with E-state index in [9.17, 15) is 8.42 Å². The van der Waals surface area contributed by atoms with E-state index in [0.717, 1.165) is 25.7 Å². The number of hydrogen-bond acceptors (Lipinski definition) is 4. The van der Waals surface area contributed by atoms with Crippen LogP contribution in [0.15, 0.2) is 29.2 Å². The second-order valence-electron chi connectivity index (χ2n) is 5.15. The Hall–Kier alpha value is -1.42. The molecule has 1 saturated carbocycles. The van der Waals surface area contributed by atoms with Gasteiger partial charge in [-0.3, -0.25) is 0 Å². The number of sulfonamides is 1. The van der Waals surface area contributed by atoms with Gasteiger partial charge in [0.1, 0.15) is 0 Å². The average Bonchev–Trinajstić information content (AvgIpc) is 2.47. The molecule has 0 spiro atoms. The summed E-state index contributed by atoms with van der Waals surface area (Å²) in [4.78, 5) is 0.137. The molecule has 20 heavy (non-hydrogen) atoms. The Morgan fingerprint density at radius 1 is 1.35 bits per heavy atom. The van der Waals surface area contributed by atoms with Crippen molar-refractivity contribution in [2.45, 2.75) is 36.6 Å². The van der Waals surface area contributed by atoms with Crippen LogP contribution in [-0.2, 0) is 10.0 Å². The number of nitrogens with one attached hydrogen (secondary N) is 1. The molecule has 1 aromatic carbocycles. The van der Waals surface area contributed by atoms with Crippen LogP contribution >= 0.6 is 0 Å². The Bertz CT molecular complexity index is 607. The molecule has 0 saturated heterocycles. The van der Waals surface area contributed by atoms with Crippen LogP contribution < -0.4 is 10.5 Å². The Balaban J connectivity index is 2.20. The van der Waals surface area contributed by atoms with Crippen LogP contribution in [0.4, 0.5) is 0 Å². The predicted molar refractivity (Wildman–Crippen MR) is 76.3 cm³/mol. The van der Waals surface area contributed by atoms with Crippen LogP contribution in [0, 0.1) is 17.2 Å². The smallest absolute Gasteiger partial charge is 0.240 e. The lowest BCUT2D eigenvalue weighted by atomic mass is 9.85. The Labute approximate surface area is 119 Å². The molecule has 2 rings (SSSR count). The third-order valence-electron chi connectivity index (χ3n) is 3.79. The van der Waals surface area contributed by atoms with Crippen LogP contribution in [0.2, 0.25) is 0 Å². The van der Waals surface area contributed by atoms with Gasteiger partial charge >= 0.3 is 0 Å². The fourth-order valence-corrected chi connectivity index (χ4v) is 4.03. The van der Waals surface area contributed by atoms with Gasteiger partial charge in [0.25, 0.3) is 0 Å². The quantitative estimate of drug-likeness (QED) is 0.876. The summed E-state index contributed by atoms with van der Waals surface area (Å²) >= 11 is 0. The molecule has 1 aliphatic rings. The molecule has 0 bridgehead atoms. The van der Waals surface area contributed by atoms with Gasteiger partial charge in [-0.2, -0.15) is 5.26 Å². The molecule has 108 valence electrons. The van der Waals surface area contributed by atoms with Crippen molar-refractivity contribution in [1.82, 2.24) is 4.72 Å². The summed E-state index contributed by atoms with van der Waals surface area (Å²) in [6, 6.07) is 7.90. The second-order valence-corrected chi connectivity index (χ2v) is 6.86. The van der Waals surface area contributed by atoms with Crippen molar-refractivity contribution in [3.8, 4) is 6.07 Å². The number of rotatable bonds is 4. The molecule has 0 aliphatic heterocycles. The molecule has 1 aromatic rings. The van der Waals surface area contributed by atoms with Gasteiger partial charge in [0.15, 0.2) is 0 Å². The summed E-state index contributed by atoms with van der Waals surface area (Å²) < 4.78 is 27.5. The first-order valence-electron chi connectivity index (χ1n) is 6.79. The molecule has 0 aromatic heterocycles. The molecule has 3 N–H and O–H groups in total. The van der Waals surface area contributed by atoms with Crippen LogP contribution in [0.5, 0.6) is 0 Å². The normalized spacial score (nSPS) is 23.2. The highest BCUT2D eigenvalue weighted by Gasteiger charge is 2.28. The molecule has 6 heteroatoms. The highest BCUT2D eigenvalue weighted by molar-refractivity contribution is 7.89. The Morgan fingerprint density at radius 2 is 2.10 bits per heavy atom. The fourth-order valence-electron chi connectivity index (χ4n) is 2.65. The van der Waals surface area contributed by atoms with Crippen LogP contribution in [0.1, 0.15) is 31.2 Å². The van der Waals surface area contributed by atoms with Gasteiger partial charge in [-0.15, -0.1) is 0 Å². The molecule has 0 radical (unpaired) electrons. The van der Waals surface area contributed by atoms with Crippen LogP contribution in [-0.4, -0.2) is 21.0 Å². The van der Waals surface area contributed by atoms with E-state index in [-0.39, 0.29) is 16.9 Å². The van der Waals surface area contributed by atoms with E-state index >= 15 is 0 Å². The van der Waals surface area contributed by atoms with Gasteiger partial charge in [-0.1, -0.05) is 18.9 Å². The van der Waals surface area contributed by atoms with Crippen molar-refractivity contribution in [3.05, 3.63) is 29.8 Å². The highest BCUT2D eigenvalue weighted by atomic mass is 32.2. The largest absolute Gasteiger partial charge is 0.330 e. The molecule has 0 amide bonds. The first-order valence-corrected chi connectivity index (χ1v) is 8.27. The summed E-state index contributed by atoms with van der Waals surface area (Å²) in [7, 11) is -3.59. The van der Waals surface area contributed by atoms with E-state index in [0.29, 0.717) is 12.1 Å². The first kappa shape index (κ1) is 15.0. The third-order valence-corrected chi connectivity index (χ3v) is 5.28. The van der Waals surface area contributed by atoms with Gasteiger partial charge < -0.3 is 5.73 Å². The van der Waals surface area contributed by atoms with E-state index in [1.165, 1.54) is 12.1 Å². The number of nitriles is 1. The number of hydrogen-bond donors (Lipinski definition) is 2. The van der Waals surface area contributed by atoms with Crippen molar-refractivity contribution in [2.24, 2.45) is 11.7 Å².